The Balaban J connectivity index is 1.87. The van der Waals surface area contributed by atoms with E-state index in [1.807, 2.05) is 0 Å². The van der Waals surface area contributed by atoms with Gasteiger partial charge < -0.3 is 5.11 Å². The molecule has 2 aromatic rings. The largest absolute Gasteiger partial charge is 0.508 e. The van der Waals surface area contributed by atoms with Crippen LogP contribution in [0.4, 0.5) is 5.69 Å². The van der Waals surface area contributed by atoms with Gasteiger partial charge >= 0.3 is 0 Å². The average molecular weight is 345 g/mol. The van der Waals surface area contributed by atoms with Crippen molar-refractivity contribution in [1.29, 1.82) is 0 Å². The molecule has 0 saturated carbocycles. The Morgan fingerprint density at radius 1 is 1.13 bits per heavy atom. The monoisotopic (exact) mass is 344 g/mol. The minimum Gasteiger partial charge on any atom is -0.508 e. The number of aliphatic imine (C=N–C) groups is 1. The Bertz CT molecular complexity index is 798. The number of amides is 1. The summed E-state index contributed by atoms with van der Waals surface area (Å²) < 4.78 is 0. The highest BCUT2D eigenvalue weighted by molar-refractivity contribution is 8.18. The number of carbonyl (C=O) groups is 1. The van der Waals surface area contributed by atoms with Crippen molar-refractivity contribution in [1.82, 2.24) is 4.90 Å². The summed E-state index contributed by atoms with van der Waals surface area (Å²) in [6, 6.07) is 13.8. The van der Waals surface area contributed by atoms with Crippen molar-refractivity contribution in [2.24, 2.45) is 4.99 Å². The second-order valence-electron chi connectivity index (χ2n) is 4.94. The van der Waals surface area contributed by atoms with Crippen LogP contribution in [0.3, 0.4) is 0 Å². The van der Waals surface area contributed by atoms with Crippen molar-refractivity contribution in [2.75, 3.05) is 7.05 Å². The van der Waals surface area contributed by atoms with E-state index in [1.54, 1.807) is 61.7 Å². The van der Waals surface area contributed by atoms with Crippen LogP contribution in [0.25, 0.3) is 6.08 Å². The highest BCUT2D eigenvalue weighted by Gasteiger charge is 2.30. The van der Waals surface area contributed by atoms with E-state index in [2.05, 4.69) is 4.99 Å². The molecule has 0 aromatic heterocycles. The van der Waals surface area contributed by atoms with Gasteiger partial charge in [0.05, 0.1) is 10.6 Å². The van der Waals surface area contributed by atoms with Crippen molar-refractivity contribution < 1.29 is 9.90 Å². The lowest BCUT2D eigenvalue weighted by Gasteiger charge is -2.07. The predicted molar refractivity (Wildman–Crippen MR) is 95.0 cm³/mol. The maximum atomic E-state index is 12.3. The fourth-order valence-corrected chi connectivity index (χ4v) is 3.11. The van der Waals surface area contributed by atoms with Crippen molar-refractivity contribution in [3.05, 3.63) is 64.0 Å². The van der Waals surface area contributed by atoms with Crippen LogP contribution < -0.4 is 0 Å². The van der Waals surface area contributed by atoms with E-state index in [1.165, 1.54) is 16.7 Å². The molecule has 116 valence electrons. The quantitative estimate of drug-likeness (QED) is 0.827. The Morgan fingerprint density at radius 3 is 2.43 bits per heavy atom. The number of phenolic OH excluding ortho intramolecular Hbond substituents is 1. The number of amidine groups is 1. The standard InChI is InChI=1S/C17H13ClN2O2S/c1-20-16(22)15(10-11-2-8-14(21)9-3-11)23-17(20)19-13-6-4-12(18)5-7-13/h2-10,21H,1H3/b15-10-,19-17?. The fourth-order valence-electron chi connectivity index (χ4n) is 2.00. The number of thioether (sulfide) groups is 1. The van der Waals surface area contributed by atoms with Gasteiger partial charge in [0.1, 0.15) is 5.75 Å². The van der Waals surface area contributed by atoms with E-state index in [4.69, 9.17) is 11.6 Å². The van der Waals surface area contributed by atoms with Gasteiger partial charge in [-0.15, -0.1) is 0 Å². The molecule has 1 fully saturated rings. The Labute approximate surface area is 143 Å². The number of halogens is 1. The first-order chi connectivity index (χ1) is 11.0. The SMILES string of the molecule is CN1C(=O)/C(=C/c2ccc(O)cc2)SC1=Nc1ccc(Cl)cc1. The number of phenols is 1. The normalized spacial score (nSPS) is 18.2. The number of carbonyl (C=O) groups excluding carboxylic acids is 1. The molecule has 0 aliphatic carbocycles. The summed E-state index contributed by atoms with van der Waals surface area (Å²) in [5, 5.41) is 10.6. The molecule has 0 unspecified atom stereocenters. The van der Waals surface area contributed by atoms with E-state index < -0.39 is 0 Å². The maximum Gasteiger partial charge on any atom is 0.266 e. The molecule has 0 radical (unpaired) electrons. The van der Waals surface area contributed by atoms with Crippen LogP contribution in [-0.2, 0) is 4.79 Å². The van der Waals surface area contributed by atoms with Gasteiger partial charge in [0.25, 0.3) is 5.91 Å². The number of likely N-dealkylation sites (N-methyl/N-ethyl adjacent to an activating group) is 1. The molecule has 0 bridgehead atoms. The van der Waals surface area contributed by atoms with Gasteiger partial charge in [-0.1, -0.05) is 23.7 Å². The molecule has 23 heavy (non-hydrogen) atoms. The Morgan fingerprint density at radius 2 is 1.78 bits per heavy atom. The summed E-state index contributed by atoms with van der Waals surface area (Å²) in [5.41, 5.74) is 1.59. The van der Waals surface area contributed by atoms with Crippen molar-refractivity contribution in [3.8, 4) is 5.75 Å². The topological polar surface area (TPSA) is 52.9 Å². The third-order valence-corrected chi connectivity index (χ3v) is 4.56. The van der Waals surface area contributed by atoms with Crippen LogP contribution in [0.5, 0.6) is 5.75 Å². The zero-order chi connectivity index (χ0) is 16.4. The summed E-state index contributed by atoms with van der Waals surface area (Å²) >= 11 is 7.18. The van der Waals surface area contributed by atoms with E-state index in [9.17, 15) is 9.90 Å². The first-order valence-electron chi connectivity index (χ1n) is 6.84. The first kappa shape index (κ1) is 15.6. The van der Waals surface area contributed by atoms with Gasteiger partial charge in [-0.05, 0) is 59.8 Å². The van der Waals surface area contributed by atoms with Crippen molar-refractivity contribution >= 4 is 46.2 Å². The zero-order valence-corrected chi connectivity index (χ0v) is 13.8. The van der Waals surface area contributed by atoms with Crippen LogP contribution in [0, 0.1) is 0 Å². The molecule has 1 N–H and O–H groups in total. The fraction of sp³-hybridized carbons (Fsp3) is 0.0588. The van der Waals surface area contributed by atoms with Gasteiger partial charge in [0, 0.05) is 12.1 Å². The highest BCUT2D eigenvalue weighted by atomic mass is 35.5. The van der Waals surface area contributed by atoms with Crippen LogP contribution in [-0.4, -0.2) is 28.1 Å². The molecular weight excluding hydrogens is 332 g/mol. The summed E-state index contributed by atoms with van der Waals surface area (Å²) in [7, 11) is 1.70. The lowest BCUT2D eigenvalue weighted by Crippen LogP contribution is -2.23. The highest BCUT2D eigenvalue weighted by Crippen LogP contribution is 2.33. The van der Waals surface area contributed by atoms with E-state index in [-0.39, 0.29) is 11.7 Å². The number of hydrogen-bond donors (Lipinski definition) is 1. The molecule has 6 heteroatoms. The summed E-state index contributed by atoms with van der Waals surface area (Å²) in [5.74, 6) is 0.0930. The second-order valence-corrected chi connectivity index (χ2v) is 6.38. The van der Waals surface area contributed by atoms with Crippen molar-refractivity contribution in [2.45, 2.75) is 0 Å². The lowest BCUT2D eigenvalue weighted by atomic mass is 10.2. The van der Waals surface area contributed by atoms with E-state index in [0.717, 1.165) is 11.3 Å². The number of rotatable bonds is 2. The molecule has 1 heterocycles. The maximum absolute atomic E-state index is 12.3. The van der Waals surface area contributed by atoms with Crippen LogP contribution in [0.15, 0.2) is 58.4 Å². The molecule has 3 rings (SSSR count). The Hall–Kier alpha value is -2.24. The number of nitrogens with zero attached hydrogens (tertiary/aromatic N) is 2. The van der Waals surface area contributed by atoms with Gasteiger partial charge in [-0.2, -0.15) is 0 Å². The van der Waals surface area contributed by atoms with Crippen LogP contribution >= 0.6 is 23.4 Å². The number of benzene rings is 2. The minimum absolute atomic E-state index is 0.101. The zero-order valence-electron chi connectivity index (χ0n) is 12.2. The van der Waals surface area contributed by atoms with E-state index >= 15 is 0 Å². The summed E-state index contributed by atoms with van der Waals surface area (Å²) in [6.45, 7) is 0. The minimum atomic E-state index is -0.101. The molecule has 1 aliphatic heterocycles. The van der Waals surface area contributed by atoms with E-state index in [0.29, 0.717) is 15.1 Å². The Kier molecular flexibility index (Phi) is 4.41. The molecule has 0 atom stereocenters. The third-order valence-electron chi connectivity index (χ3n) is 3.25. The molecule has 2 aromatic carbocycles. The number of aromatic hydroxyl groups is 1. The van der Waals surface area contributed by atoms with Crippen molar-refractivity contribution in [3.63, 3.8) is 0 Å². The number of hydrogen-bond acceptors (Lipinski definition) is 4. The second kappa shape index (κ2) is 6.48. The molecular formula is C17H13ClN2O2S. The molecule has 4 nitrogen and oxygen atoms in total. The predicted octanol–water partition coefficient (Wildman–Crippen LogP) is 4.28. The summed E-state index contributed by atoms with van der Waals surface area (Å²) in [4.78, 5) is 18.9. The molecule has 1 saturated heterocycles. The first-order valence-corrected chi connectivity index (χ1v) is 8.03. The molecule has 1 amide bonds. The lowest BCUT2D eigenvalue weighted by molar-refractivity contribution is -0.121. The third kappa shape index (κ3) is 3.57. The van der Waals surface area contributed by atoms with Gasteiger partial charge in [-0.3, -0.25) is 9.69 Å². The average Bonchev–Trinajstić information content (AvgIpc) is 2.80. The molecule has 1 aliphatic rings. The van der Waals surface area contributed by atoms with Crippen LogP contribution in [0.1, 0.15) is 5.56 Å². The van der Waals surface area contributed by atoms with Crippen LogP contribution in [0.2, 0.25) is 5.02 Å². The summed E-state index contributed by atoms with van der Waals surface area (Å²) in [6.07, 6.45) is 1.79. The van der Waals surface area contributed by atoms with Gasteiger partial charge in [0.2, 0.25) is 0 Å². The van der Waals surface area contributed by atoms with Gasteiger partial charge in [0.15, 0.2) is 5.17 Å². The van der Waals surface area contributed by atoms with Gasteiger partial charge in [-0.25, -0.2) is 4.99 Å². The smallest absolute Gasteiger partial charge is 0.266 e. The molecule has 0 spiro atoms.